The van der Waals surface area contributed by atoms with Crippen LogP contribution >= 0.6 is 0 Å². The molecule has 1 atom stereocenters. The molecule has 2 N–H and O–H groups in total. The average Bonchev–Trinajstić information content (AvgIpc) is 2.83. The van der Waals surface area contributed by atoms with Gasteiger partial charge in [0.05, 0.1) is 17.1 Å². The monoisotopic (exact) mass is 516 g/mol. The summed E-state index contributed by atoms with van der Waals surface area (Å²) in [6.45, 7) is 8.74. The van der Waals surface area contributed by atoms with Gasteiger partial charge in [-0.3, -0.25) is 0 Å². The zero-order valence-corrected chi connectivity index (χ0v) is 21.3. The molecule has 0 spiro atoms. The van der Waals surface area contributed by atoms with Crippen LogP contribution < -0.4 is 15.5 Å². The molecule has 1 saturated heterocycles. The number of anilines is 2. The smallest absolute Gasteiger partial charge is 0.416 e. The van der Waals surface area contributed by atoms with Crippen molar-refractivity contribution in [3.8, 4) is 0 Å². The van der Waals surface area contributed by atoms with E-state index in [4.69, 9.17) is 4.74 Å². The van der Waals surface area contributed by atoms with Crippen molar-refractivity contribution in [2.75, 3.05) is 23.3 Å². The van der Waals surface area contributed by atoms with E-state index in [1.54, 1.807) is 13.0 Å². The molecule has 1 aromatic heterocycles. The summed E-state index contributed by atoms with van der Waals surface area (Å²) >= 11 is 0. The van der Waals surface area contributed by atoms with Crippen LogP contribution in [0.25, 0.3) is 10.9 Å². The lowest BCUT2D eigenvalue weighted by molar-refractivity contribution is -0.137. The van der Waals surface area contributed by atoms with Crippen molar-refractivity contribution in [1.82, 2.24) is 20.7 Å². The Morgan fingerprint density at radius 2 is 1.81 bits per heavy atom. The minimum absolute atomic E-state index is 0.0321. The molecular weight excluding hydrogens is 485 g/mol. The third-order valence-corrected chi connectivity index (χ3v) is 6.18. The largest absolute Gasteiger partial charge is 0.444 e. The van der Waals surface area contributed by atoms with Crippen LogP contribution in [-0.4, -0.2) is 46.2 Å². The molecule has 8 nitrogen and oxygen atoms in total. The maximum Gasteiger partial charge on any atom is 0.416 e. The Morgan fingerprint density at radius 1 is 1.08 bits per heavy atom. The van der Waals surface area contributed by atoms with Crippen LogP contribution in [0.2, 0.25) is 0 Å². The number of benzene rings is 2. The summed E-state index contributed by atoms with van der Waals surface area (Å²) in [7, 11) is 0. The Hall–Kier alpha value is -3.63. The maximum absolute atomic E-state index is 13.2. The van der Waals surface area contributed by atoms with Gasteiger partial charge in [0.2, 0.25) is 0 Å². The number of halogens is 3. The third-order valence-electron chi connectivity index (χ3n) is 6.18. The van der Waals surface area contributed by atoms with E-state index in [1.807, 2.05) is 39.0 Å². The molecule has 4 rings (SSSR count). The van der Waals surface area contributed by atoms with E-state index in [0.29, 0.717) is 16.9 Å². The first-order valence-corrected chi connectivity index (χ1v) is 12.2. The first-order chi connectivity index (χ1) is 17.4. The Balaban J connectivity index is 1.46. The zero-order chi connectivity index (χ0) is 26.8. The number of nitrogens with one attached hydrogen (secondary N) is 2. The topological polar surface area (TPSA) is 92.3 Å². The van der Waals surface area contributed by atoms with Crippen LogP contribution in [0.4, 0.5) is 29.5 Å². The Kier molecular flexibility index (Phi) is 7.42. The van der Waals surface area contributed by atoms with E-state index in [-0.39, 0.29) is 6.04 Å². The SMILES string of the molecule is C[C@@H](Nc1nnnc2ccc(N3CCC(NC(=O)OC(C)(C)C)CC3)cc12)c1cccc(C(F)(F)F)c1. The van der Waals surface area contributed by atoms with Gasteiger partial charge in [0.1, 0.15) is 5.60 Å². The summed E-state index contributed by atoms with van der Waals surface area (Å²) in [6, 6.07) is 10.6. The van der Waals surface area contributed by atoms with Crippen LogP contribution in [-0.2, 0) is 10.9 Å². The van der Waals surface area contributed by atoms with Gasteiger partial charge in [-0.15, -0.1) is 10.2 Å². The molecule has 1 aliphatic heterocycles. The van der Waals surface area contributed by atoms with Crippen molar-refractivity contribution in [3.63, 3.8) is 0 Å². The quantitative estimate of drug-likeness (QED) is 0.449. The number of ether oxygens (including phenoxy) is 1. The van der Waals surface area contributed by atoms with E-state index in [1.165, 1.54) is 6.07 Å². The maximum atomic E-state index is 13.2. The van der Waals surface area contributed by atoms with E-state index in [9.17, 15) is 18.0 Å². The molecular formula is C26H31F3N6O2. The average molecular weight is 517 g/mol. The number of hydrogen-bond donors (Lipinski definition) is 2. The Morgan fingerprint density at radius 3 is 2.49 bits per heavy atom. The number of carbonyl (C=O) groups is 1. The number of nitrogens with zero attached hydrogens (tertiary/aromatic N) is 4. The molecule has 1 fully saturated rings. The fraction of sp³-hybridized carbons (Fsp3) is 0.462. The summed E-state index contributed by atoms with van der Waals surface area (Å²) in [4.78, 5) is 14.3. The van der Waals surface area contributed by atoms with Gasteiger partial charge in [0, 0.05) is 30.2 Å². The molecule has 0 aliphatic carbocycles. The fourth-order valence-corrected chi connectivity index (χ4v) is 4.30. The predicted octanol–water partition coefficient (Wildman–Crippen LogP) is 5.71. The van der Waals surface area contributed by atoms with Crippen LogP contribution in [0.1, 0.15) is 57.7 Å². The van der Waals surface area contributed by atoms with Gasteiger partial charge < -0.3 is 20.3 Å². The van der Waals surface area contributed by atoms with E-state index >= 15 is 0 Å². The molecule has 37 heavy (non-hydrogen) atoms. The van der Waals surface area contributed by atoms with Crippen molar-refractivity contribution in [2.45, 2.75) is 64.4 Å². The van der Waals surface area contributed by atoms with Crippen LogP contribution in [0.3, 0.4) is 0 Å². The molecule has 0 unspecified atom stereocenters. The van der Waals surface area contributed by atoms with Gasteiger partial charge in [-0.1, -0.05) is 12.1 Å². The number of hydrogen-bond acceptors (Lipinski definition) is 7. The van der Waals surface area contributed by atoms with Gasteiger partial charge in [-0.2, -0.15) is 13.2 Å². The summed E-state index contributed by atoms with van der Waals surface area (Å²) in [5, 5.41) is 18.9. The highest BCUT2D eigenvalue weighted by atomic mass is 19.4. The fourth-order valence-electron chi connectivity index (χ4n) is 4.30. The number of alkyl halides is 3. The molecule has 1 aliphatic rings. The van der Waals surface area contributed by atoms with Gasteiger partial charge in [0.15, 0.2) is 5.82 Å². The second kappa shape index (κ2) is 10.4. The standard InChI is InChI=1S/C26H31F3N6O2/c1-16(17-6-5-7-18(14-17)26(27,28)29)30-23-21-15-20(8-9-22(21)32-34-33-23)35-12-10-19(11-13-35)31-24(36)37-25(2,3)4/h5-9,14-16,19H,10-13H2,1-4H3,(H,31,36)(H,30,32,33)/t16-/m1/s1. The number of piperidine rings is 1. The van der Waals surface area contributed by atoms with Crippen molar-refractivity contribution >= 4 is 28.5 Å². The Bertz CT molecular complexity index is 1250. The number of fused-ring (bicyclic) bond motifs is 1. The Labute approximate surface area is 213 Å². The van der Waals surface area contributed by atoms with Crippen molar-refractivity contribution in [3.05, 3.63) is 53.6 Å². The van der Waals surface area contributed by atoms with Gasteiger partial charge in [0.25, 0.3) is 0 Å². The number of aromatic nitrogens is 3. The summed E-state index contributed by atoms with van der Waals surface area (Å²) in [5.74, 6) is 0.443. The van der Waals surface area contributed by atoms with Gasteiger partial charge in [-0.25, -0.2) is 4.79 Å². The van der Waals surface area contributed by atoms with E-state index < -0.39 is 29.5 Å². The van der Waals surface area contributed by atoms with Crippen molar-refractivity contribution in [1.29, 1.82) is 0 Å². The van der Waals surface area contributed by atoms with Crippen molar-refractivity contribution < 1.29 is 22.7 Å². The molecule has 2 heterocycles. The first kappa shape index (κ1) is 26.4. The lowest BCUT2D eigenvalue weighted by Crippen LogP contribution is -2.46. The minimum Gasteiger partial charge on any atom is -0.444 e. The van der Waals surface area contributed by atoms with E-state index in [2.05, 4.69) is 30.9 Å². The molecule has 198 valence electrons. The molecule has 0 saturated carbocycles. The minimum atomic E-state index is -4.41. The van der Waals surface area contributed by atoms with Crippen molar-refractivity contribution in [2.24, 2.45) is 0 Å². The van der Waals surface area contributed by atoms with Gasteiger partial charge in [-0.05, 0) is 81.6 Å². The third kappa shape index (κ3) is 6.78. The highest BCUT2D eigenvalue weighted by Gasteiger charge is 2.31. The normalized spacial score (nSPS) is 15.9. The predicted molar refractivity (Wildman–Crippen MR) is 135 cm³/mol. The van der Waals surface area contributed by atoms with Crippen LogP contribution in [0, 0.1) is 0 Å². The summed E-state index contributed by atoms with van der Waals surface area (Å²) in [5.41, 5.74) is 0.831. The molecule has 0 bridgehead atoms. The molecule has 1 amide bonds. The lowest BCUT2D eigenvalue weighted by Gasteiger charge is -2.34. The summed E-state index contributed by atoms with van der Waals surface area (Å²) in [6.07, 6.45) is -3.29. The number of rotatable bonds is 5. The number of carbonyl (C=O) groups excluding carboxylic acids is 1. The highest BCUT2D eigenvalue weighted by Crippen LogP contribution is 2.32. The second-order valence-corrected chi connectivity index (χ2v) is 10.2. The second-order valence-electron chi connectivity index (χ2n) is 10.2. The van der Waals surface area contributed by atoms with Gasteiger partial charge >= 0.3 is 12.3 Å². The van der Waals surface area contributed by atoms with E-state index in [0.717, 1.165) is 49.1 Å². The lowest BCUT2D eigenvalue weighted by atomic mass is 10.0. The number of alkyl carbamates (subject to hydrolysis) is 1. The summed E-state index contributed by atoms with van der Waals surface area (Å²) < 4.78 is 44.8. The first-order valence-electron chi connectivity index (χ1n) is 12.2. The molecule has 11 heteroatoms. The highest BCUT2D eigenvalue weighted by molar-refractivity contribution is 5.91. The van der Waals surface area contributed by atoms with Crippen LogP contribution in [0.15, 0.2) is 42.5 Å². The van der Waals surface area contributed by atoms with Crippen LogP contribution in [0.5, 0.6) is 0 Å². The molecule has 2 aromatic carbocycles. The number of amides is 1. The molecule has 0 radical (unpaired) electrons. The molecule has 3 aromatic rings. The zero-order valence-electron chi connectivity index (χ0n) is 21.3.